The molecule has 0 unspecified atom stereocenters. The molecule has 2 aromatic carbocycles. The van der Waals surface area contributed by atoms with E-state index in [2.05, 4.69) is 6.92 Å². The first-order valence-electron chi connectivity index (χ1n) is 8.22. The number of esters is 1. The number of carbonyl (C=O) groups excluding carboxylic acids is 2. The SMILES string of the molecule is CCCCc1ccc(C(=O)COC(=O)c2cccc(OC)c2O)cc1. The molecule has 0 aromatic heterocycles. The van der Waals surface area contributed by atoms with Gasteiger partial charge in [-0.05, 0) is 30.5 Å². The number of para-hydroxylation sites is 1. The number of aromatic hydroxyl groups is 1. The molecule has 0 aliphatic carbocycles. The van der Waals surface area contributed by atoms with E-state index >= 15 is 0 Å². The summed E-state index contributed by atoms with van der Waals surface area (Å²) >= 11 is 0. The van der Waals surface area contributed by atoms with Crippen molar-refractivity contribution in [3.63, 3.8) is 0 Å². The van der Waals surface area contributed by atoms with Gasteiger partial charge in [0.1, 0.15) is 5.56 Å². The number of ether oxygens (including phenoxy) is 2. The molecule has 1 N–H and O–H groups in total. The van der Waals surface area contributed by atoms with E-state index in [1.165, 1.54) is 24.8 Å². The predicted octanol–water partition coefficient (Wildman–Crippen LogP) is 3.78. The van der Waals surface area contributed by atoms with E-state index in [0.29, 0.717) is 5.56 Å². The molecule has 2 aromatic rings. The van der Waals surface area contributed by atoms with Crippen LogP contribution in [0.15, 0.2) is 42.5 Å². The van der Waals surface area contributed by atoms with Crippen molar-refractivity contribution < 1.29 is 24.2 Å². The number of hydrogen-bond acceptors (Lipinski definition) is 5. The minimum atomic E-state index is -0.774. The highest BCUT2D eigenvalue weighted by atomic mass is 16.5. The van der Waals surface area contributed by atoms with Crippen molar-refractivity contribution in [3.8, 4) is 11.5 Å². The summed E-state index contributed by atoms with van der Waals surface area (Å²) in [6.45, 7) is 1.75. The van der Waals surface area contributed by atoms with Crippen LogP contribution in [0.4, 0.5) is 0 Å². The summed E-state index contributed by atoms with van der Waals surface area (Å²) in [5.41, 5.74) is 1.63. The van der Waals surface area contributed by atoms with Gasteiger partial charge in [0, 0.05) is 5.56 Å². The fourth-order valence-electron chi connectivity index (χ4n) is 2.38. The van der Waals surface area contributed by atoms with Gasteiger partial charge >= 0.3 is 5.97 Å². The van der Waals surface area contributed by atoms with Crippen molar-refractivity contribution in [2.24, 2.45) is 0 Å². The molecule has 0 heterocycles. The van der Waals surface area contributed by atoms with E-state index in [1.807, 2.05) is 12.1 Å². The van der Waals surface area contributed by atoms with E-state index in [-0.39, 0.29) is 29.5 Å². The fraction of sp³-hybridized carbons (Fsp3) is 0.300. The molecule has 0 bridgehead atoms. The van der Waals surface area contributed by atoms with Crippen LogP contribution in [0.2, 0.25) is 0 Å². The van der Waals surface area contributed by atoms with Gasteiger partial charge in [-0.1, -0.05) is 43.7 Å². The third-order valence-electron chi connectivity index (χ3n) is 3.87. The van der Waals surface area contributed by atoms with E-state index < -0.39 is 5.97 Å². The molecule has 0 saturated heterocycles. The number of unbranched alkanes of at least 4 members (excludes halogenated alkanes) is 1. The molecule has 0 spiro atoms. The van der Waals surface area contributed by atoms with Crippen molar-refractivity contribution in [1.82, 2.24) is 0 Å². The summed E-state index contributed by atoms with van der Waals surface area (Å²) in [5, 5.41) is 9.93. The van der Waals surface area contributed by atoms with Crippen LogP contribution in [0.25, 0.3) is 0 Å². The summed E-state index contributed by atoms with van der Waals surface area (Å²) in [6.07, 6.45) is 3.21. The second-order valence-electron chi connectivity index (χ2n) is 5.66. The van der Waals surface area contributed by atoms with Gasteiger partial charge in [-0.25, -0.2) is 4.79 Å². The molecule has 25 heavy (non-hydrogen) atoms. The normalized spacial score (nSPS) is 10.3. The van der Waals surface area contributed by atoms with Crippen molar-refractivity contribution in [3.05, 3.63) is 59.2 Å². The van der Waals surface area contributed by atoms with Crippen molar-refractivity contribution in [1.29, 1.82) is 0 Å². The number of hydrogen-bond donors (Lipinski definition) is 1. The van der Waals surface area contributed by atoms with Crippen molar-refractivity contribution in [2.75, 3.05) is 13.7 Å². The fourth-order valence-corrected chi connectivity index (χ4v) is 2.38. The van der Waals surface area contributed by atoms with Crippen LogP contribution in [0.1, 0.15) is 46.0 Å². The molecule has 132 valence electrons. The van der Waals surface area contributed by atoms with E-state index in [4.69, 9.17) is 9.47 Å². The lowest BCUT2D eigenvalue weighted by atomic mass is 10.0. The quantitative estimate of drug-likeness (QED) is 0.584. The number of rotatable bonds is 8. The van der Waals surface area contributed by atoms with Gasteiger partial charge in [0.25, 0.3) is 0 Å². The number of Topliss-reactive ketones (excluding diaryl/α,β-unsaturated/α-hetero) is 1. The van der Waals surface area contributed by atoms with Crippen LogP contribution in [-0.2, 0) is 11.2 Å². The first-order valence-corrected chi connectivity index (χ1v) is 8.22. The topological polar surface area (TPSA) is 72.8 Å². The zero-order valence-electron chi connectivity index (χ0n) is 14.5. The molecule has 0 atom stereocenters. The van der Waals surface area contributed by atoms with Gasteiger partial charge in [0.05, 0.1) is 7.11 Å². The van der Waals surface area contributed by atoms with Gasteiger partial charge in [-0.3, -0.25) is 4.79 Å². The van der Waals surface area contributed by atoms with Crippen LogP contribution in [0, 0.1) is 0 Å². The molecular weight excluding hydrogens is 320 g/mol. The lowest BCUT2D eigenvalue weighted by Crippen LogP contribution is -2.14. The molecular formula is C20H22O5. The summed E-state index contributed by atoms with van der Waals surface area (Å²) in [5.74, 6) is -1.20. The van der Waals surface area contributed by atoms with Crippen LogP contribution >= 0.6 is 0 Å². The highest BCUT2D eigenvalue weighted by Gasteiger charge is 2.17. The van der Waals surface area contributed by atoms with Crippen LogP contribution in [0.5, 0.6) is 11.5 Å². The molecule has 2 rings (SSSR count). The Morgan fingerprint density at radius 2 is 1.80 bits per heavy atom. The van der Waals surface area contributed by atoms with Gasteiger partial charge in [0.2, 0.25) is 0 Å². The molecule has 5 heteroatoms. The molecule has 0 radical (unpaired) electrons. The third-order valence-corrected chi connectivity index (χ3v) is 3.87. The molecule has 5 nitrogen and oxygen atoms in total. The minimum absolute atomic E-state index is 0.0398. The minimum Gasteiger partial charge on any atom is -0.504 e. The van der Waals surface area contributed by atoms with Gasteiger partial charge in [-0.2, -0.15) is 0 Å². The van der Waals surface area contributed by atoms with E-state index in [0.717, 1.165) is 19.3 Å². The van der Waals surface area contributed by atoms with Crippen molar-refractivity contribution >= 4 is 11.8 Å². The molecule has 0 amide bonds. The zero-order chi connectivity index (χ0) is 18.2. The van der Waals surface area contributed by atoms with Crippen LogP contribution in [0.3, 0.4) is 0 Å². The van der Waals surface area contributed by atoms with Gasteiger partial charge in [0.15, 0.2) is 23.9 Å². The Morgan fingerprint density at radius 3 is 2.44 bits per heavy atom. The largest absolute Gasteiger partial charge is 0.504 e. The summed E-state index contributed by atoms with van der Waals surface area (Å²) in [4.78, 5) is 24.2. The molecule has 0 fully saturated rings. The summed E-state index contributed by atoms with van der Waals surface area (Å²) in [6, 6.07) is 11.8. The lowest BCUT2D eigenvalue weighted by molar-refractivity contribution is 0.0471. The zero-order valence-corrected chi connectivity index (χ0v) is 14.5. The number of phenols is 1. The standard InChI is InChI=1S/C20H22O5/c1-3-4-6-14-9-11-15(12-10-14)17(21)13-25-20(23)16-7-5-8-18(24-2)19(16)22/h5,7-12,22H,3-4,6,13H2,1-2H3. The van der Waals surface area contributed by atoms with E-state index in [1.54, 1.807) is 18.2 Å². The number of benzene rings is 2. The monoisotopic (exact) mass is 342 g/mol. The smallest absolute Gasteiger partial charge is 0.342 e. The van der Waals surface area contributed by atoms with Crippen LogP contribution < -0.4 is 4.74 Å². The number of phenolic OH excluding ortho intramolecular Hbond substituents is 1. The van der Waals surface area contributed by atoms with Crippen LogP contribution in [-0.4, -0.2) is 30.6 Å². The maximum atomic E-state index is 12.1. The Morgan fingerprint density at radius 1 is 1.08 bits per heavy atom. The Bertz CT molecular complexity index is 734. The highest BCUT2D eigenvalue weighted by molar-refractivity contribution is 6.00. The maximum absolute atomic E-state index is 12.1. The number of ketones is 1. The molecule has 0 saturated carbocycles. The Labute approximate surface area is 147 Å². The van der Waals surface area contributed by atoms with E-state index in [9.17, 15) is 14.7 Å². The Balaban J connectivity index is 1.96. The predicted molar refractivity (Wildman–Crippen MR) is 94.3 cm³/mol. The first kappa shape index (κ1) is 18.5. The number of methoxy groups -OCH3 is 1. The first-order chi connectivity index (χ1) is 12.1. The second kappa shape index (κ2) is 8.87. The molecule has 0 aliphatic heterocycles. The number of carbonyl (C=O) groups is 2. The summed E-state index contributed by atoms with van der Waals surface area (Å²) < 4.78 is 9.96. The average molecular weight is 342 g/mol. The Kier molecular flexibility index (Phi) is 6.57. The van der Waals surface area contributed by atoms with Gasteiger partial charge < -0.3 is 14.6 Å². The third kappa shape index (κ3) is 4.83. The second-order valence-corrected chi connectivity index (χ2v) is 5.66. The van der Waals surface area contributed by atoms with Crippen molar-refractivity contribution in [2.45, 2.75) is 26.2 Å². The van der Waals surface area contributed by atoms with Gasteiger partial charge in [-0.15, -0.1) is 0 Å². The average Bonchev–Trinajstić information content (AvgIpc) is 2.64. The highest BCUT2D eigenvalue weighted by Crippen LogP contribution is 2.29. The summed E-state index contributed by atoms with van der Waals surface area (Å²) in [7, 11) is 1.39. The Hall–Kier alpha value is -2.82. The maximum Gasteiger partial charge on any atom is 0.342 e. The number of aryl methyl sites for hydroxylation is 1. The lowest BCUT2D eigenvalue weighted by Gasteiger charge is -2.09. The molecule has 0 aliphatic rings.